The summed E-state index contributed by atoms with van der Waals surface area (Å²) in [5, 5.41) is 0. The molecule has 0 amide bonds. The summed E-state index contributed by atoms with van der Waals surface area (Å²) < 4.78 is 5.72. The molecule has 12 heavy (non-hydrogen) atoms. The maximum atomic E-state index is 5.72. The fraction of sp³-hybridized carbons (Fsp3) is 0.909. The van der Waals surface area contributed by atoms with Crippen molar-refractivity contribution in [1.82, 2.24) is 0 Å². The lowest BCUT2D eigenvalue weighted by atomic mass is 9.89. The third-order valence-corrected chi connectivity index (χ3v) is 1.75. The molecular weight excluding hydrogens is 148 g/mol. The van der Waals surface area contributed by atoms with E-state index < -0.39 is 0 Å². The van der Waals surface area contributed by atoms with Gasteiger partial charge in [-0.2, -0.15) is 0 Å². The molecule has 0 fully saturated rings. The molecule has 1 radical (unpaired) electrons. The Bertz CT molecular complexity index is 119. The van der Waals surface area contributed by atoms with Gasteiger partial charge in [-0.1, -0.05) is 27.2 Å². The molecule has 0 rings (SSSR count). The van der Waals surface area contributed by atoms with Crippen LogP contribution in [-0.4, -0.2) is 12.2 Å². The molecule has 0 atom stereocenters. The van der Waals surface area contributed by atoms with Crippen LogP contribution >= 0.6 is 0 Å². The molecule has 1 nitrogen and oxygen atoms in total. The summed E-state index contributed by atoms with van der Waals surface area (Å²) >= 11 is 0. The van der Waals surface area contributed by atoms with Crippen molar-refractivity contribution in [2.45, 2.75) is 53.1 Å². The van der Waals surface area contributed by atoms with E-state index in [0.29, 0.717) is 0 Å². The van der Waals surface area contributed by atoms with E-state index in [1.54, 1.807) is 0 Å². The SMILES string of the molecule is [CH2]CCC(C)(C)COC(C)(C)C. The van der Waals surface area contributed by atoms with Crippen molar-refractivity contribution in [3.05, 3.63) is 6.92 Å². The second-order valence-corrected chi connectivity index (χ2v) is 5.17. The second kappa shape index (κ2) is 4.27. The third-order valence-electron chi connectivity index (χ3n) is 1.75. The summed E-state index contributed by atoms with van der Waals surface area (Å²) in [5.74, 6) is 0. The van der Waals surface area contributed by atoms with Crippen LogP contribution in [0.15, 0.2) is 0 Å². The lowest BCUT2D eigenvalue weighted by molar-refractivity contribution is -0.0446. The van der Waals surface area contributed by atoms with Gasteiger partial charge in [0.05, 0.1) is 12.2 Å². The van der Waals surface area contributed by atoms with Crippen LogP contribution in [0.5, 0.6) is 0 Å². The Balaban J connectivity index is 3.75. The summed E-state index contributed by atoms with van der Waals surface area (Å²) in [4.78, 5) is 0. The molecule has 0 heterocycles. The Morgan fingerprint density at radius 1 is 1.08 bits per heavy atom. The van der Waals surface area contributed by atoms with Gasteiger partial charge in [0.2, 0.25) is 0 Å². The maximum absolute atomic E-state index is 5.72. The van der Waals surface area contributed by atoms with Gasteiger partial charge in [0.1, 0.15) is 0 Å². The van der Waals surface area contributed by atoms with Gasteiger partial charge in [0.25, 0.3) is 0 Å². The number of hydrogen-bond acceptors (Lipinski definition) is 1. The Kier molecular flexibility index (Phi) is 4.25. The summed E-state index contributed by atoms with van der Waals surface area (Å²) in [6.07, 6.45) is 2.11. The predicted molar refractivity (Wildman–Crippen MR) is 54.1 cm³/mol. The van der Waals surface area contributed by atoms with Gasteiger partial charge < -0.3 is 4.74 Å². The van der Waals surface area contributed by atoms with Crippen LogP contribution in [-0.2, 0) is 4.74 Å². The average Bonchev–Trinajstić information content (AvgIpc) is 1.83. The summed E-state index contributed by atoms with van der Waals surface area (Å²) in [6, 6.07) is 0. The molecule has 0 aromatic heterocycles. The van der Waals surface area contributed by atoms with E-state index in [1.165, 1.54) is 0 Å². The van der Waals surface area contributed by atoms with Crippen LogP contribution in [0.2, 0.25) is 0 Å². The van der Waals surface area contributed by atoms with Gasteiger partial charge in [-0.25, -0.2) is 0 Å². The van der Waals surface area contributed by atoms with Crippen LogP contribution in [0.1, 0.15) is 47.5 Å². The molecule has 0 aromatic carbocycles. The Labute approximate surface area is 77.5 Å². The Morgan fingerprint density at radius 3 is 1.92 bits per heavy atom. The molecule has 0 aromatic rings. The molecule has 1 heteroatoms. The first kappa shape index (κ1) is 12.0. The van der Waals surface area contributed by atoms with Gasteiger partial charge in [-0.3, -0.25) is 0 Å². The van der Waals surface area contributed by atoms with E-state index in [1.807, 2.05) is 0 Å². The second-order valence-electron chi connectivity index (χ2n) is 5.17. The summed E-state index contributed by atoms with van der Waals surface area (Å²) in [6.45, 7) is 15.4. The third kappa shape index (κ3) is 6.66. The fourth-order valence-electron chi connectivity index (χ4n) is 0.963. The van der Waals surface area contributed by atoms with Crippen molar-refractivity contribution in [1.29, 1.82) is 0 Å². The maximum Gasteiger partial charge on any atom is 0.0598 e. The molecule has 0 aliphatic heterocycles. The van der Waals surface area contributed by atoms with Crippen molar-refractivity contribution < 1.29 is 4.74 Å². The van der Waals surface area contributed by atoms with Crippen LogP contribution in [0.25, 0.3) is 0 Å². The molecule has 73 valence electrons. The van der Waals surface area contributed by atoms with Crippen molar-refractivity contribution in [3.8, 4) is 0 Å². The van der Waals surface area contributed by atoms with E-state index >= 15 is 0 Å². The highest BCUT2D eigenvalue weighted by Gasteiger charge is 2.20. The van der Waals surface area contributed by atoms with Crippen LogP contribution < -0.4 is 0 Å². The monoisotopic (exact) mass is 171 g/mol. The zero-order valence-electron chi connectivity index (χ0n) is 9.24. The van der Waals surface area contributed by atoms with Gasteiger partial charge in [0.15, 0.2) is 0 Å². The lowest BCUT2D eigenvalue weighted by Gasteiger charge is -2.29. The highest BCUT2D eigenvalue weighted by atomic mass is 16.5. The fourth-order valence-corrected chi connectivity index (χ4v) is 0.963. The highest BCUT2D eigenvalue weighted by molar-refractivity contribution is 4.70. The van der Waals surface area contributed by atoms with E-state index in [4.69, 9.17) is 4.74 Å². The first-order chi connectivity index (χ1) is 5.27. The predicted octanol–water partition coefficient (Wildman–Crippen LogP) is 3.44. The van der Waals surface area contributed by atoms with Gasteiger partial charge in [0, 0.05) is 0 Å². The molecule has 0 saturated heterocycles. The van der Waals surface area contributed by atoms with Crippen LogP contribution in [0, 0.1) is 12.3 Å². The molecule has 0 saturated carbocycles. The topological polar surface area (TPSA) is 9.23 Å². The molecule has 0 unspecified atom stereocenters. The van der Waals surface area contributed by atoms with E-state index in [-0.39, 0.29) is 11.0 Å². The molecule has 0 aliphatic carbocycles. The lowest BCUT2D eigenvalue weighted by Crippen LogP contribution is -2.27. The smallest absolute Gasteiger partial charge is 0.0598 e. The van der Waals surface area contributed by atoms with Crippen LogP contribution in [0.3, 0.4) is 0 Å². The van der Waals surface area contributed by atoms with Crippen molar-refractivity contribution in [2.75, 3.05) is 6.61 Å². The van der Waals surface area contributed by atoms with Gasteiger partial charge in [-0.15, -0.1) is 0 Å². The van der Waals surface area contributed by atoms with E-state index in [0.717, 1.165) is 19.4 Å². The minimum absolute atomic E-state index is 0.0154. The Morgan fingerprint density at radius 2 is 1.58 bits per heavy atom. The first-order valence-electron chi connectivity index (χ1n) is 4.70. The molecular formula is C11H23O. The molecule has 0 N–H and O–H groups in total. The highest BCUT2D eigenvalue weighted by Crippen LogP contribution is 2.24. The zero-order chi connectivity index (χ0) is 9.83. The normalized spacial score (nSPS) is 13.5. The summed E-state index contributed by atoms with van der Waals surface area (Å²) in [7, 11) is 0. The Hall–Kier alpha value is -0.0400. The first-order valence-corrected chi connectivity index (χ1v) is 4.70. The average molecular weight is 171 g/mol. The standard InChI is InChI=1S/C11H23O/c1-7-8-11(5,6)9-12-10(2,3)4/h1,7-9H2,2-6H3. The molecule has 0 spiro atoms. The van der Waals surface area contributed by atoms with Crippen molar-refractivity contribution >= 4 is 0 Å². The van der Waals surface area contributed by atoms with Gasteiger partial charge in [-0.05, 0) is 32.6 Å². The number of rotatable bonds is 4. The molecule has 0 aliphatic rings. The molecule has 0 bridgehead atoms. The van der Waals surface area contributed by atoms with E-state index in [9.17, 15) is 0 Å². The number of ether oxygens (including phenoxy) is 1. The minimum Gasteiger partial charge on any atom is -0.375 e. The zero-order valence-corrected chi connectivity index (χ0v) is 9.24. The van der Waals surface area contributed by atoms with Crippen LogP contribution in [0.4, 0.5) is 0 Å². The van der Waals surface area contributed by atoms with Crippen molar-refractivity contribution in [2.24, 2.45) is 5.41 Å². The number of hydrogen-bond donors (Lipinski definition) is 0. The largest absolute Gasteiger partial charge is 0.375 e. The summed E-state index contributed by atoms with van der Waals surface area (Å²) in [5.41, 5.74) is 0.257. The van der Waals surface area contributed by atoms with E-state index in [2.05, 4.69) is 41.5 Å². The quantitative estimate of drug-likeness (QED) is 0.629. The van der Waals surface area contributed by atoms with Gasteiger partial charge >= 0.3 is 0 Å². The minimum atomic E-state index is -0.0154. The van der Waals surface area contributed by atoms with Crippen molar-refractivity contribution in [3.63, 3.8) is 0 Å².